The molecule has 0 N–H and O–H groups in total. The second kappa shape index (κ2) is 19.7. The first-order valence-corrected chi connectivity index (χ1v) is 23.0. The maximum atomic E-state index is 7.50. The SMILES string of the molecule is COCCCN1/C(=C/C=C2\CCC(/C=C/C3=[N+](CCCOC)c4ccc(OC)cc4C3(C)C)=C2OC(c2cc[n+](Cc3ccccc3)cc2)C(C)(C)C)C(C)(C)c2cc(OC)ccc21. The zero-order chi connectivity index (χ0) is 45.6. The van der Waals surface area contributed by atoms with Gasteiger partial charge in [0.2, 0.25) is 5.69 Å². The highest BCUT2D eigenvalue weighted by molar-refractivity contribution is 6.03. The van der Waals surface area contributed by atoms with Gasteiger partial charge in [0.1, 0.15) is 23.4 Å². The maximum absolute atomic E-state index is 7.50. The number of methoxy groups -OCH3 is 4. The van der Waals surface area contributed by atoms with Gasteiger partial charge in [-0.25, -0.2) is 4.57 Å². The van der Waals surface area contributed by atoms with Crippen molar-refractivity contribution in [3.05, 3.63) is 160 Å². The summed E-state index contributed by atoms with van der Waals surface area (Å²) in [5.74, 6) is 2.71. The average Bonchev–Trinajstić information content (AvgIpc) is 3.84. The van der Waals surface area contributed by atoms with Crippen LogP contribution < -0.4 is 18.9 Å². The standard InChI is InChI=1S/C56H71N3O5/c1-54(2,3)53(43-29-33-57(34-30-43)39-40-17-13-12-14-18-40)64-52-41(21-27-50-55(4,5)46-37-44(62-10)23-25-48(46)58(50)31-15-35-60-8)19-20-42(52)22-28-51-56(6,7)47-38-45(63-11)24-26-49(47)59(51)32-16-36-61-9/h12-14,17-18,21-30,33-34,37-38,53H,15-16,19-20,31-32,35-36,39H2,1-11H3/q+2. The molecule has 8 heteroatoms. The van der Waals surface area contributed by atoms with E-state index in [1.807, 2.05) is 0 Å². The minimum absolute atomic E-state index is 0.200. The summed E-state index contributed by atoms with van der Waals surface area (Å²) in [6.45, 7) is 20.1. The summed E-state index contributed by atoms with van der Waals surface area (Å²) in [5.41, 5.74) is 11.6. The Labute approximate surface area is 383 Å². The summed E-state index contributed by atoms with van der Waals surface area (Å²) < 4.78 is 34.7. The van der Waals surface area contributed by atoms with Gasteiger partial charge in [-0.15, -0.1) is 0 Å². The van der Waals surface area contributed by atoms with E-state index >= 15 is 0 Å². The minimum Gasteiger partial charge on any atom is -0.497 e. The topological polar surface area (TPSA) is 56.3 Å². The first-order chi connectivity index (χ1) is 30.7. The number of benzene rings is 3. The highest BCUT2D eigenvalue weighted by Gasteiger charge is 2.45. The van der Waals surface area contributed by atoms with Crippen LogP contribution in [0.25, 0.3) is 0 Å². The predicted molar refractivity (Wildman–Crippen MR) is 259 cm³/mol. The van der Waals surface area contributed by atoms with Gasteiger partial charge in [-0.3, -0.25) is 0 Å². The van der Waals surface area contributed by atoms with Crippen molar-refractivity contribution in [2.24, 2.45) is 5.41 Å². The van der Waals surface area contributed by atoms with Gasteiger partial charge in [0.05, 0.1) is 26.2 Å². The Morgan fingerprint density at radius 1 is 0.734 bits per heavy atom. The predicted octanol–water partition coefficient (Wildman–Crippen LogP) is 11.5. The molecule has 0 amide bonds. The molecule has 4 aromatic rings. The number of ether oxygens (including phenoxy) is 5. The first-order valence-electron chi connectivity index (χ1n) is 23.0. The van der Waals surface area contributed by atoms with Gasteiger partial charge < -0.3 is 28.6 Å². The molecular weight excluding hydrogens is 795 g/mol. The Kier molecular flexibility index (Phi) is 14.4. The van der Waals surface area contributed by atoms with E-state index in [2.05, 4.69) is 178 Å². The van der Waals surface area contributed by atoms with E-state index in [0.717, 1.165) is 68.1 Å². The van der Waals surface area contributed by atoms with Crippen LogP contribution in [0.4, 0.5) is 11.4 Å². The fourth-order valence-electron chi connectivity index (χ4n) is 9.72. The van der Waals surface area contributed by atoms with Crippen LogP contribution in [-0.4, -0.2) is 65.0 Å². The van der Waals surface area contributed by atoms with Crippen LogP contribution >= 0.6 is 0 Å². The van der Waals surface area contributed by atoms with Gasteiger partial charge in [0.15, 0.2) is 31.2 Å². The van der Waals surface area contributed by atoms with Gasteiger partial charge in [0, 0.05) is 97.0 Å². The highest BCUT2D eigenvalue weighted by atomic mass is 16.5. The molecule has 1 atom stereocenters. The summed E-state index contributed by atoms with van der Waals surface area (Å²) in [5, 5.41) is 0. The number of hydrogen-bond acceptors (Lipinski definition) is 6. The molecule has 1 aliphatic carbocycles. The number of anilines is 1. The maximum Gasteiger partial charge on any atom is 0.210 e. The van der Waals surface area contributed by atoms with E-state index in [1.54, 1.807) is 28.4 Å². The van der Waals surface area contributed by atoms with Crippen molar-refractivity contribution in [2.45, 2.75) is 97.6 Å². The molecule has 2 aliphatic heterocycles. The largest absolute Gasteiger partial charge is 0.497 e. The van der Waals surface area contributed by atoms with Crippen LogP contribution in [0.1, 0.15) is 103 Å². The van der Waals surface area contributed by atoms with E-state index in [-0.39, 0.29) is 22.3 Å². The monoisotopic (exact) mass is 866 g/mol. The van der Waals surface area contributed by atoms with Gasteiger partial charge >= 0.3 is 0 Å². The molecule has 0 saturated carbocycles. The number of aromatic nitrogens is 1. The number of fused-ring (bicyclic) bond motifs is 2. The van der Waals surface area contributed by atoms with Crippen LogP contribution in [0, 0.1) is 5.41 Å². The molecule has 338 valence electrons. The van der Waals surface area contributed by atoms with Crippen LogP contribution in [0.5, 0.6) is 11.5 Å². The molecule has 8 nitrogen and oxygen atoms in total. The third kappa shape index (κ3) is 9.79. The third-order valence-electron chi connectivity index (χ3n) is 13.2. The molecule has 64 heavy (non-hydrogen) atoms. The zero-order valence-corrected chi connectivity index (χ0v) is 40.3. The summed E-state index contributed by atoms with van der Waals surface area (Å²) in [6, 6.07) is 28.0. The summed E-state index contributed by atoms with van der Waals surface area (Å²) >= 11 is 0. The van der Waals surface area contributed by atoms with Crippen molar-refractivity contribution in [3.63, 3.8) is 0 Å². The fourth-order valence-corrected chi connectivity index (χ4v) is 9.72. The molecule has 1 aromatic heterocycles. The van der Waals surface area contributed by atoms with Crippen LogP contribution in [-0.2, 0) is 31.6 Å². The van der Waals surface area contributed by atoms with Gasteiger partial charge in [-0.05, 0) is 92.3 Å². The van der Waals surface area contributed by atoms with Crippen molar-refractivity contribution < 1.29 is 32.8 Å². The molecule has 0 radical (unpaired) electrons. The van der Waals surface area contributed by atoms with Crippen LogP contribution in [0.2, 0.25) is 0 Å². The molecule has 3 aliphatic rings. The van der Waals surface area contributed by atoms with E-state index in [4.69, 9.17) is 23.7 Å². The lowest BCUT2D eigenvalue weighted by Gasteiger charge is -2.32. The normalized spacial score (nSPS) is 18.4. The Bertz CT molecular complexity index is 2430. The summed E-state index contributed by atoms with van der Waals surface area (Å²) in [7, 11) is 7.03. The Balaban J connectivity index is 1.32. The van der Waals surface area contributed by atoms with E-state index < -0.39 is 0 Å². The molecule has 0 spiro atoms. The van der Waals surface area contributed by atoms with Crippen LogP contribution in [0.3, 0.4) is 0 Å². The lowest BCUT2D eigenvalue weighted by molar-refractivity contribution is -0.688. The molecule has 0 fully saturated rings. The second-order valence-corrected chi connectivity index (χ2v) is 19.5. The second-order valence-electron chi connectivity index (χ2n) is 19.5. The minimum atomic E-state index is -0.248. The first kappa shape index (κ1) is 46.5. The zero-order valence-electron chi connectivity index (χ0n) is 40.3. The van der Waals surface area contributed by atoms with E-state index in [9.17, 15) is 0 Å². The Morgan fingerprint density at radius 3 is 2.08 bits per heavy atom. The molecule has 7 rings (SSSR count). The number of nitrogens with zero attached hydrogens (tertiary/aromatic N) is 3. The fraction of sp³-hybridized carbons (Fsp3) is 0.429. The van der Waals surface area contributed by atoms with Crippen molar-refractivity contribution in [2.75, 3.05) is 59.6 Å². The quantitative estimate of drug-likeness (QED) is 0.0734. The summed E-state index contributed by atoms with van der Waals surface area (Å²) in [6.07, 6.45) is 17.1. The Hall–Kier alpha value is -5.44. The van der Waals surface area contributed by atoms with E-state index in [0.29, 0.717) is 13.2 Å². The van der Waals surface area contributed by atoms with Crippen molar-refractivity contribution in [3.8, 4) is 11.5 Å². The number of pyridine rings is 1. The van der Waals surface area contributed by atoms with Gasteiger partial charge in [-0.1, -0.05) is 71.0 Å². The van der Waals surface area contributed by atoms with Gasteiger partial charge in [-0.2, -0.15) is 4.58 Å². The van der Waals surface area contributed by atoms with E-state index in [1.165, 1.54) is 50.6 Å². The number of hydrogen-bond donors (Lipinski definition) is 0. The molecule has 1 unspecified atom stereocenters. The lowest BCUT2D eigenvalue weighted by Crippen LogP contribution is -2.34. The average molecular weight is 866 g/mol. The third-order valence-corrected chi connectivity index (χ3v) is 13.2. The molecule has 3 heterocycles. The number of allylic oxidation sites excluding steroid dienone is 7. The highest BCUT2D eigenvalue weighted by Crippen LogP contribution is 2.50. The van der Waals surface area contributed by atoms with Gasteiger partial charge in [0.25, 0.3) is 0 Å². The molecule has 3 aromatic carbocycles. The lowest BCUT2D eigenvalue weighted by atomic mass is 9.81. The Morgan fingerprint density at radius 2 is 1.41 bits per heavy atom. The molecule has 0 saturated heterocycles. The summed E-state index contributed by atoms with van der Waals surface area (Å²) in [4.78, 5) is 2.47. The smallest absolute Gasteiger partial charge is 0.210 e. The van der Waals surface area contributed by atoms with Crippen LogP contribution in [0.15, 0.2) is 138 Å². The van der Waals surface area contributed by atoms with Crippen molar-refractivity contribution in [1.29, 1.82) is 0 Å². The number of rotatable bonds is 18. The van der Waals surface area contributed by atoms with Crippen molar-refractivity contribution in [1.82, 2.24) is 0 Å². The molecule has 0 bridgehead atoms. The molecular formula is C56H71N3O5+2. The van der Waals surface area contributed by atoms with Crippen molar-refractivity contribution >= 4 is 17.1 Å².